The average molecular weight is 489 g/mol. The van der Waals surface area contributed by atoms with E-state index in [-0.39, 0.29) is 35.9 Å². The molecule has 0 spiro atoms. The number of guanidine groups is 1. The first-order valence-corrected chi connectivity index (χ1v) is 9.76. The third-order valence-electron chi connectivity index (χ3n) is 5.63. The largest absolute Gasteiger partial charge is 0.361 e. The van der Waals surface area contributed by atoms with Crippen LogP contribution in [0.1, 0.15) is 55.5 Å². The Morgan fingerprint density at radius 2 is 2.00 bits per heavy atom. The van der Waals surface area contributed by atoms with Crippen LogP contribution in [0.4, 0.5) is 0 Å². The Balaban J connectivity index is 0.00000261. The maximum absolute atomic E-state index is 12.7. The number of rotatable bonds is 4. The van der Waals surface area contributed by atoms with Crippen molar-refractivity contribution < 1.29 is 9.32 Å². The third-order valence-corrected chi connectivity index (χ3v) is 5.63. The molecule has 0 radical (unpaired) electrons. The molecule has 1 atom stereocenters. The molecule has 0 bridgehead atoms. The van der Waals surface area contributed by atoms with Crippen molar-refractivity contribution in [2.45, 2.75) is 65.0 Å². The molecule has 1 amide bonds. The molecule has 2 N–H and O–H groups in total. The van der Waals surface area contributed by atoms with E-state index in [2.05, 4.69) is 20.8 Å². The van der Waals surface area contributed by atoms with E-state index in [1.807, 2.05) is 18.7 Å². The lowest BCUT2D eigenvalue weighted by Gasteiger charge is -2.26. The Labute approximate surface area is 178 Å². The number of aryl methyl sites for hydroxylation is 2. The summed E-state index contributed by atoms with van der Waals surface area (Å²) >= 11 is 0. The average Bonchev–Trinajstić information content (AvgIpc) is 3.26. The molecule has 2 heterocycles. The Hall–Kier alpha value is -1.32. The quantitative estimate of drug-likeness (QED) is 0.386. The number of carbonyl (C=O) groups is 1. The lowest BCUT2D eigenvalue weighted by molar-refractivity contribution is -0.135. The van der Waals surface area contributed by atoms with Crippen LogP contribution in [0.15, 0.2) is 9.52 Å². The first kappa shape index (κ1) is 22.0. The number of hydrogen-bond acceptors (Lipinski definition) is 4. The molecule has 1 aliphatic carbocycles. The minimum absolute atomic E-state index is 0. The maximum Gasteiger partial charge on any atom is 0.225 e. The van der Waals surface area contributed by atoms with E-state index >= 15 is 0 Å². The summed E-state index contributed by atoms with van der Waals surface area (Å²) in [5, 5.41) is 10.7. The van der Waals surface area contributed by atoms with Crippen LogP contribution in [0.3, 0.4) is 0 Å². The van der Waals surface area contributed by atoms with Crippen molar-refractivity contribution in [2.24, 2.45) is 10.9 Å². The number of carbonyl (C=O) groups excluding carboxylic acids is 1. The van der Waals surface area contributed by atoms with Gasteiger partial charge < -0.3 is 20.1 Å². The highest BCUT2D eigenvalue weighted by molar-refractivity contribution is 14.0. The summed E-state index contributed by atoms with van der Waals surface area (Å²) < 4.78 is 5.20. The highest BCUT2D eigenvalue weighted by Crippen LogP contribution is 2.26. The highest BCUT2D eigenvalue weighted by atomic mass is 127. The standard InChI is InChI=1S/C19H31N5O2.HI/c1-13-17(14(2)26-23-13)11-21-19(20-3)22-16-9-10-24(12-16)18(25)15-7-5-4-6-8-15;/h15-16H,4-12H2,1-3H3,(H2,20,21,22);1H. The molecule has 8 heteroatoms. The molecule has 1 aromatic rings. The van der Waals surface area contributed by atoms with Gasteiger partial charge in [-0.2, -0.15) is 0 Å². The van der Waals surface area contributed by atoms with E-state index in [1.54, 1.807) is 7.05 Å². The predicted molar refractivity (Wildman–Crippen MR) is 116 cm³/mol. The highest BCUT2D eigenvalue weighted by Gasteiger charge is 2.31. The second-order valence-corrected chi connectivity index (χ2v) is 7.48. The maximum atomic E-state index is 12.7. The van der Waals surface area contributed by atoms with Crippen molar-refractivity contribution in [3.63, 3.8) is 0 Å². The van der Waals surface area contributed by atoms with Gasteiger partial charge in [0, 0.05) is 44.2 Å². The number of likely N-dealkylation sites (tertiary alicyclic amines) is 1. The Bertz CT molecular complexity index is 635. The number of nitrogens with one attached hydrogen (secondary N) is 2. The molecule has 1 aliphatic heterocycles. The van der Waals surface area contributed by atoms with E-state index in [0.29, 0.717) is 12.5 Å². The van der Waals surface area contributed by atoms with Crippen molar-refractivity contribution in [1.29, 1.82) is 0 Å². The van der Waals surface area contributed by atoms with E-state index in [9.17, 15) is 4.79 Å². The minimum atomic E-state index is 0. The molecule has 3 rings (SSSR count). The van der Waals surface area contributed by atoms with Crippen LogP contribution in [0.5, 0.6) is 0 Å². The molecule has 27 heavy (non-hydrogen) atoms. The summed E-state index contributed by atoms with van der Waals surface area (Å²) in [5.41, 5.74) is 1.96. The Morgan fingerprint density at radius 1 is 1.26 bits per heavy atom. The second-order valence-electron chi connectivity index (χ2n) is 7.48. The molecule has 7 nitrogen and oxygen atoms in total. The van der Waals surface area contributed by atoms with Crippen molar-refractivity contribution in [2.75, 3.05) is 20.1 Å². The number of aliphatic imine (C=N–C) groups is 1. The Morgan fingerprint density at radius 3 is 2.63 bits per heavy atom. The van der Waals surface area contributed by atoms with Gasteiger partial charge in [0.2, 0.25) is 5.91 Å². The summed E-state index contributed by atoms with van der Waals surface area (Å²) in [5.74, 6) is 2.18. The van der Waals surface area contributed by atoms with Crippen LogP contribution >= 0.6 is 24.0 Å². The molecule has 2 aliphatic rings. The molecule has 2 fully saturated rings. The summed E-state index contributed by atoms with van der Waals surface area (Å²) in [6.07, 6.45) is 6.77. The van der Waals surface area contributed by atoms with Gasteiger partial charge in [-0.1, -0.05) is 24.4 Å². The second kappa shape index (κ2) is 10.3. The monoisotopic (exact) mass is 489 g/mol. The van der Waals surface area contributed by atoms with Crippen molar-refractivity contribution in [3.8, 4) is 0 Å². The van der Waals surface area contributed by atoms with E-state index in [0.717, 1.165) is 55.3 Å². The van der Waals surface area contributed by atoms with Gasteiger partial charge in [-0.15, -0.1) is 24.0 Å². The van der Waals surface area contributed by atoms with Gasteiger partial charge in [0.15, 0.2) is 5.96 Å². The smallest absolute Gasteiger partial charge is 0.225 e. The molecular formula is C19H32IN5O2. The van der Waals surface area contributed by atoms with Crippen LogP contribution < -0.4 is 10.6 Å². The predicted octanol–water partition coefficient (Wildman–Crippen LogP) is 2.76. The minimum Gasteiger partial charge on any atom is -0.361 e. The first-order valence-electron chi connectivity index (χ1n) is 9.76. The zero-order valence-corrected chi connectivity index (χ0v) is 18.9. The fourth-order valence-electron chi connectivity index (χ4n) is 4.00. The lowest BCUT2D eigenvalue weighted by atomic mass is 9.88. The van der Waals surface area contributed by atoms with Crippen LogP contribution in [0.2, 0.25) is 0 Å². The summed E-state index contributed by atoms with van der Waals surface area (Å²) in [6, 6.07) is 0.249. The molecule has 0 aromatic carbocycles. The first-order chi connectivity index (χ1) is 12.6. The van der Waals surface area contributed by atoms with E-state index in [1.165, 1.54) is 19.3 Å². The van der Waals surface area contributed by atoms with Gasteiger partial charge in [0.25, 0.3) is 0 Å². The molecule has 152 valence electrons. The van der Waals surface area contributed by atoms with Crippen LogP contribution in [-0.4, -0.2) is 48.1 Å². The van der Waals surface area contributed by atoms with Gasteiger partial charge in [0.1, 0.15) is 5.76 Å². The van der Waals surface area contributed by atoms with Gasteiger partial charge in [-0.05, 0) is 33.1 Å². The normalized spacial score (nSPS) is 21.1. The van der Waals surface area contributed by atoms with Gasteiger partial charge in [0.05, 0.1) is 5.69 Å². The van der Waals surface area contributed by atoms with Crippen molar-refractivity contribution in [1.82, 2.24) is 20.7 Å². The fraction of sp³-hybridized carbons (Fsp3) is 0.737. The van der Waals surface area contributed by atoms with Gasteiger partial charge in [-0.25, -0.2) is 0 Å². The number of aromatic nitrogens is 1. The zero-order chi connectivity index (χ0) is 18.5. The molecule has 1 saturated heterocycles. The van der Waals surface area contributed by atoms with Crippen LogP contribution in [0.25, 0.3) is 0 Å². The van der Waals surface area contributed by atoms with Gasteiger partial charge in [-0.3, -0.25) is 9.79 Å². The van der Waals surface area contributed by atoms with E-state index < -0.39 is 0 Å². The van der Waals surface area contributed by atoms with Crippen molar-refractivity contribution >= 4 is 35.8 Å². The zero-order valence-electron chi connectivity index (χ0n) is 16.6. The summed E-state index contributed by atoms with van der Waals surface area (Å²) in [6.45, 7) is 6.09. The number of amides is 1. The van der Waals surface area contributed by atoms with E-state index in [4.69, 9.17) is 4.52 Å². The summed E-state index contributed by atoms with van der Waals surface area (Å²) in [7, 11) is 1.77. The number of halogens is 1. The SMILES string of the molecule is CN=C(NCc1c(C)noc1C)NC1CCN(C(=O)C2CCCCC2)C1.I. The third kappa shape index (κ3) is 5.58. The topological polar surface area (TPSA) is 82.8 Å². The fourth-order valence-corrected chi connectivity index (χ4v) is 4.00. The molecular weight excluding hydrogens is 457 g/mol. The van der Waals surface area contributed by atoms with Gasteiger partial charge >= 0.3 is 0 Å². The summed E-state index contributed by atoms with van der Waals surface area (Å²) in [4.78, 5) is 19.0. The molecule has 1 saturated carbocycles. The number of hydrogen-bond donors (Lipinski definition) is 2. The Kier molecular flexibility index (Phi) is 8.37. The lowest BCUT2D eigenvalue weighted by Crippen LogP contribution is -2.45. The molecule has 1 aromatic heterocycles. The van der Waals surface area contributed by atoms with Crippen LogP contribution in [0, 0.1) is 19.8 Å². The molecule has 1 unspecified atom stereocenters. The number of nitrogens with zero attached hydrogens (tertiary/aromatic N) is 3. The van der Waals surface area contributed by atoms with Crippen molar-refractivity contribution in [3.05, 3.63) is 17.0 Å². The van der Waals surface area contributed by atoms with Crippen LogP contribution in [-0.2, 0) is 11.3 Å².